The molecule has 0 aliphatic carbocycles. The van der Waals surface area contributed by atoms with Crippen LogP contribution in [-0.4, -0.2) is 57.3 Å². The lowest BCUT2D eigenvalue weighted by Crippen LogP contribution is -2.45. The SMILES string of the molecule is CCc1nc2ccc(CSC(=S)N3CCN(C)CC3)cc2c(=O)[nH]1. The standard InChI is InChI=1S/C17H22N4OS2/c1-3-15-18-14-5-4-12(10-13(14)16(22)19-15)11-24-17(23)21-8-6-20(2)7-9-21/h4-5,10H,3,6-9,11H2,1-2H3,(H,18,19,22). The highest BCUT2D eigenvalue weighted by Gasteiger charge is 2.16. The van der Waals surface area contributed by atoms with Crippen molar-refractivity contribution in [2.24, 2.45) is 0 Å². The van der Waals surface area contributed by atoms with Crippen LogP contribution in [0.15, 0.2) is 23.0 Å². The Hall–Kier alpha value is -1.44. The number of aromatic amines is 1. The molecule has 0 unspecified atom stereocenters. The molecule has 1 aliphatic heterocycles. The van der Waals surface area contributed by atoms with Gasteiger partial charge < -0.3 is 14.8 Å². The Morgan fingerprint density at radius 3 is 2.79 bits per heavy atom. The first-order valence-corrected chi connectivity index (χ1v) is 9.58. The Balaban J connectivity index is 1.68. The Morgan fingerprint density at radius 2 is 2.08 bits per heavy atom. The van der Waals surface area contributed by atoms with Crippen molar-refractivity contribution in [3.05, 3.63) is 39.9 Å². The molecule has 1 fully saturated rings. The number of H-pyrrole nitrogens is 1. The van der Waals surface area contributed by atoms with Crippen LogP contribution >= 0.6 is 24.0 Å². The Morgan fingerprint density at radius 1 is 1.33 bits per heavy atom. The monoisotopic (exact) mass is 362 g/mol. The number of thiocarbonyl (C=S) groups is 1. The van der Waals surface area contributed by atoms with Gasteiger partial charge in [0.25, 0.3) is 5.56 Å². The van der Waals surface area contributed by atoms with Gasteiger partial charge in [0.1, 0.15) is 10.1 Å². The molecule has 0 atom stereocenters. The molecule has 0 amide bonds. The fraction of sp³-hybridized carbons (Fsp3) is 0.471. The number of nitrogens with one attached hydrogen (secondary N) is 1. The van der Waals surface area contributed by atoms with E-state index in [2.05, 4.69) is 26.8 Å². The van der Waals surface area contributed by atoms with Crippen LogP contribution in [-0.2, 0) is 12.2 Å². The number of aromatic nitrogens is 2. The van der Waals surface area contributed by atoms with Crippen LogP contribution in [0.3, 0.4) is 0 Å². The fourth-order valence-corrected chi connectivity index (χ4v) is 3.91. The van der Waals surface area contributed by atoms with Gasteiger partial charge in [0.2, 0.25) is 0 Å². The van der Waals surface area contributed by atoms with E-state index in [0.29, 0.717) is 5.39 Å². The maximum absolute atomic E-state index is 12.2. The smallest absolute Gasteiger partial charge is 0.258 e. The van der Waals surface area contributed by atoms with Crippen molar-refractivity contribution >= 4 is 39.2 Å². The molecule has 0 bridgehead atoms. The van der Waals surface area contributed by atoms with E-state index in [1.165, 1.54) is 0 Å². The van der Waals surface area contributed by atoms with E-state index in [1.807, 2.05) is 25.1 Å². The molecule has 5 nitrogen and oxygen atoms in total. The molecule has 2 aromatic rings. The minimum absolute atomic E-state index is 0.0645. The lowest BCUT2D eigenvalue weighted by atomic mass is 10.1. The van der Waals surface area contributed by atoms with Crippen molar-refractivity contribution in [3.8, 4) is 0 Å². The van der Waals surface area contributed by atoms with Crippen LogP contribution in [0, 0.1) is 0 Å². The molecule has 1 aromatic carbocycles. The van der Waals surface area contributed by atoms with Gasteiger partial charge in [-0.3, -0.25) is 4.79 Å². The van der Waals surface area contributed by atoms with E-state index >= 15 is 0 Å². The number of hydrogen-bond acceptors (Lipinski definition) is 5. The number of hydrogen-bond donors (Lipinski definition) is 1. The molecule has 1 N–H and O–H groups in total. The second-order valence-electron chi connectivity index (χ2n) is 6.06. The van der Waals surface area contributed by atoms with Gasteiger partial charge in [-0.05, 0) is 24.7 Å². The molecular formula is C17H22N4OS2. The zero-order valence-corrected chi connectivity index (χ0v) is 15.7. The summed E-state index contributed by atoms with van der Waals surface area (Å²) >= 11 is 7.22. The number of benzene rings is 1. The topological polar surface area (TPSA) is 52.2 Å². The maximum Gasteiger partial charge on any atom is 0.258 e. The number of likely N-dealkylation sites (N-methyl/N-ethyl adjacent to an activating group) is 1. The van der Waals surface area contributed by atoms with Gasteiger partial charge in [0.05, 0.1) is 10.9 Å². The Kier molecular flexibility index (Phi) is 5.53. The quantitative estimate of drug-likeness (QED) is 0.846. The zero-order chi connectivity index (χ0) is 17.1. The summed E-state index contributed by atoms with van der Waals surface area (Å²) in [6.45, 7) is 6.07. The highest BCUT2D eigenvalue weighted by molar-refractivity contribution is 8.22. The van der Waals surface area contributed by atoms with Crippen molar-refractivity contribution in [2.75, 3.05) is 33.2 Å². The van der Waals surface area contributed by atoms with Crippen molar-refractivity contribution in [2.45, 2.75) is 19.1 Å². The van der Waals surface area contributed by atoms with Crippen LogP contribution in [0.25, 0.3) is 10.9 Å². The molecule has 1 aliphatic rings. The number of aryl methyl sites for hydroxylation is 1. The largest absolute Gasteiger partial charge is 0.355 e. The first kappa shape index (κ1) is 17.4. The van der Waals surface area contributed by atoms with Crippen LogP contribution in [0.1, 0.15) is 18.3 Å². The zero-order valence-electron chi connectivity index (χ0n) is 14.0. The molecule has 1 aromatic heterocycles. The van der Waals surface area contributed by atoms with E-state index in [4.69, 9.17) is 12.2 Å². The van der Waals surface area contributed by atoms with Gasteiger partial charge in [0, 0.05) is 38.4 Å². The number of thioether (sulfide) groups is 1. The van der Waals surface area contributed by atoms with Crippen molar-refractivity contribution < 1.29 is 0 Å². The minimum Gasteiger partial charge on any atom is -0.355 e. The summed E-state index contributed by atoms with van der Waals surface area (Å²) < 4.78 is 0.941. The molecule has 128 valence electrons. The van der Waals surface area contributed by atoms with Gasteiger partial charge in [0.15, 0.2) is 0 Å². The number of nitrogens with zero attached hydrogens (tertiary/aromatic N) is 3. The first-order valence-electron chi connectivity index (χ1n) is 8.19. The minimum atomic E-state index is -0.0645. The summed E-state index contributed by atoms with van der Waals surface area (Å²) in [5, 5.41) is 0.649. The summed E-state index contributed by atoms with van der Waals surface area (Å²) in [7, 11) is 2.14. The second kappa shape index (κ2) is 7.63. The van der Waals surface area contributed by atoms with E-state index in [0.717, 1.165) is 59.6 Å². The van der Waals surface area contributed by atoms with Gasteiger partial charge >= 0.3 is 0 Å². The number of piperazine rings is 1. The van der Waals surface area contributed by atoms with Gasteiger partial charge in [-0.15, -0.1) is 0 Å². The molecule has 24 heavy (non-hydrogen) atoms. The summed E-state index contributed by atoms with van der Waals surface area (Å²) in [6, 6.07) is 5.90. The third-order valence-electron chi connectivity index (χ3n) is 4.28. The predicted molar refractivity (Wildman–Crippen MR) is 105 cm³/mol. The van der Waals surface area contributed by atoms with Crippen LogP contribution in [0.5, 0.6) is 0 Å². The van der Waals surface area contributed by atoms with E-state index in [9.17, 15) is 4.79 Å². The molecule has 3 rings (SSSR count). The van der Waals surface area contributed by atoms with Crippen molar-refractivity contribution in [3.63, 3.8) is 0 Å². The summed E-state index contributed by atoms with van der Waals surface area (Å²) in [4.78, 5) is 24.1. The lowest BCUT2D eigenvalue weighted by Gasteiger charge is -2.33. The van der Waals surface area contributed by atoms with Gasteiger partial charge in [-0.2, -0.15) is 0 Å². The molecule has 0 spiro atoms. The third-order valence-corrected chi connectivity index (χ3v) is 5.87. The number of fused-ring (bicyclic) bond motifs is 1. The summed E-state index contributed by atoms with van der Waals surface area (Å²) in [6.07, 6.45) is 0.724. The molecule has 0 saturated carbocycles. The second-order valence-corrected chi connectivity index (χ2v) is 7.67. The summed E-state index contributed by atoms with van der Waals surface area (Å²) in [5.74, 6) is 1.50. The average molecular weight is 363 g/mol. The lowest BCUT2D eigenvalue weighted by molar-refractivity contribution is 0.220. The number of rotatable bonds is 3. The summed E-state index contributed by atoms with van der Waals surface area (Å²) in [5.41, 5.74) is 1.79. The van der Waals surface area contributed by atoms with Crippen LogP contribution < -0.4 is 5.56 Å². The normalized spacial score (nSPS) is 15.8. The Bertz CT molecular complexity index is 797. The molecule has 0 radical (unpaired) electrons. The molecule has 1 saturated heterocycles. The van der Waals surface area contributed by atoms with E-state index in [1.54, 1.807) is 11.8 Å². The van der Waals surface area contributed by atoms with Crippen molar-refractivity contribution in [1.29, 1.82) is 0 Å². The Labute approximate surface area is 151 Å². The van der Waals surface area contributed by atoms with E-state index in [-0.39, 0.29) is 5.56 Å². The van der Waals surface area contributed by atoms with Crippen molar-refractivity contribution in [1.82, 2.24) is 19.8 Å². The highest BCUT2D eigenvalue weighted by atomic mass is 32.2. The predicted octanol–water partition coefficient (Wildman–Crippen LogP) is 2.25. The highest BCUT2D eigenvalue weighted by Crippen LogP contribution is 2.20. The molecule has 2 heterocycles. The van der Waals surface area contributed by atoms with Crippen LogP contribution in [0.4, 0.5) is 0 Å². The third kappa shape index (κ3) is 3.96. The first-order chi connectivity index (χ1) is 11.6. The molecule has 7 heteroatoms. The van der Waals surface area contributed by atoms with Gasteiger partial charge in [-0.25, -0.2) is 4.98 Å². The maximum atomic E-state index is 12.2. The fourth-order valence-electron chi connectivity index (χ4n) is 2.72. The van der Waals surface area contributed by atoms with Gasteiger partial charge in [-0.1, -0.05) is 37.0 Å². The van der Waals surface area contributed by atoms with Crippen LogP contribution in [0.2, 0.25) is 0 Å². The average Bonchev–Trinajstić information content (AvgIpc) is 2.60. The van der Waals surface area contributed by atoms with E-state index < -0.39 is 0 Å². The molecular weight excluding hydrogens is 340 g/mol.